The van der Waals surface area contributed by atoms with Crippen LogP contribution < -0.4 is 16.0 Å². The highest BCUT2D eigenvalue weighted by Crippen LogP contribution is 2.49. The van der Waals surface area contributed by atoms with Crippen LogP contribution in [0.3, 0.4) is 0 Å². The summed E-state index contributed by atoms with van der Waals surface area (Å²) in [5.41, 5.74) is 2.13. The van der Waals surface area contributed by atoms with E-state index in [0.29, 0.717) is 27.0 Å². The monoisotopic (exact) mass is 946 g/mol. The number of carboxylic acid groups (broad SMARTS) is 1. The van der Waals surface area contributed by atoms with Crippen molar-refractivity contribution >= 4 is 130 Å². The second-order valence-electron chi connectivity index (χ2n) is 12.7. The second kappa shape index (κ2) is 19.5. The fourth-order valence-electron chi connectivity index (χ4n) is 5.59. The Morgan fingerprint density at radius 3 is 2.11 bits per heavy atom. The van der Waals surface area contributed by atoms with Gasteiger partial charge in [-0.1, -0.05) is 69.9 Å². The molecule has 0 fully saturated rings. The van der Waals surface area contributed by atoms with Crippen molar-refractivity contribution < 1.29 is 27.7 Å². The summed E-state index contributed by atoms with van der Waals surface area (Å²) < 4.78 is 33.7. The average Bonchev–Trinajstić information content (AvgIpc) is 3.58. The highest BCUT2D eigenvalue weighted by atomic mass is 35.5. The third-order valence-corrected chi connectivity index (χ3v) is 11.6. The predicted molar refractivity (Wildman–Crippen MR) is 238 cm³/mol. The average molecular weight is 949 g/mol. The second-order valence-corrected chi connectivity index (χ2v) is 16.8. The summed E-state index contributed by atoms with van der Waals surface area (Å²) in [6.45, 7) is 1.58. The molecule has 0 radical (unpaired) electrons. The summed E-state index contributed by atoms with van der Waals surface area (Å²) in [5.74, 6) is -1.64. The van der Waals surface area contributed by atoms with E-state index in [9.17, 15) is 33.1 Å². The molecule has 0 aliphatic carbocycles. The molecule has 0 aliphatic heterocycles. The highest BCUT2D eigenvalue weighted by Gasteiger charge is 2.24. The highest BCUT2D eigenvalue weighted by molar-refractivity contribution is 7.86. The van der Waals surface area contributed by atoms with Crippen LogP contribution in [0.2, 0.25) is 20.1 Å². The lowest BCUT2D eigenvalue weighted by atomic mass is 10.0. The number of carbonyl (C=O) groups excluding carboxylic acids is 1. The van der Waals surface area contributed by atoms with Crippen molar-refractivity contribution in [2.75, 3.05) is 16.0 Å². The van der Waals surface area contributed by atoms with Crippen LogP contribution in [0, 0.1) is 29.6 Å². The van der Waals surface area contributed by atoms with Gasteiger partial charge in [0.1, 0.15) is 39.0 Å². The van der Waals surface area contributed by atoms with Gasteiger partial charge in [-0.15, -0.1) is 20.5 Å². The molecule has 0 bridgehead atoms. The number of amides is 1. The van der Waals surface area contributed by atoms with E-state index in [4.69, 9.17) is 51.5 Å². The Morgan fingerprint density at radius 2 is 1.42 bits per heavy atom. The van der Waals surface area contributed by atoms with Crippen LogP contribution >= 0.6 is 57.7 Å². The largest absolute Gasteiger partial charge is 0.481 e. The van der Waals surface area contributed by atoms with Crippen molar-refractivity contribution in [2.24, 2.45) is 20.5 Å². The van der Waals surface area contributed by atoms with E-state index in [2.05, 4.69) is 53.5 Å². The Labute approximate surface area is 376 Å². The van der Waals surface area contributed by atoms with E-state index >= 15 is 0 Å². The zero-order valence-electron chi connectivity index (χ0n) is 31.5. The van der Waals surface area contributed by atoms with Gasteiger partial charge in [-0.2, -0.15) is 18.9 Å². The smallest absolute Gasteiger partial charge is 0.303 e. The van der Waals surface area contributed by atoms with Gasteiger partial charge in [-0.05, 0) is 85.3 Å². The number of halogens is 4. The Kier molecular flexibility index (Phi) is 14.2. The van der Waals surface area contributed by atoms with Crippen molar-refractivity contribution in [1.29, 1.82) is 10.5 Å². The lowest BCUT2D eigenvalue weighted by Crippen LogP contribution is -2.13. The van der Waals surface area contributed by atoms with Gasteiger partial charge in [0.2, 0.25) is 5.91 Å². The van der Waals surface area contributed by atoms with Crippen LogP contribution in [0.4, 0.5) is 50.1 Å². The summed E-state index contributed by atoms with van der Waals surface area (Å²) in [7, 11) is -4.71. The number of aromatic nitrogens is 1. The molecule has 312 valence electrons. The quantitative estimate of drug-likeness (QED) is 0.0507. The molecule has 62 heavy (non-hydrogen) atoms. The van der Waals surface area contributed by atoms with Gasteiger partial charge in [-0.3, -0.25) is 14.1 Å². The van der Waals surface area contributed by atoms with Crippen LogP contribution in [-0.4, -0.2) is 34.9 Å². The molecule has 6 aromatic rings. The summed E-state index contributed by atoms with van der Waals surface area (Å²) in [5, 5.41) is 57.5. The Balaban J connectivity index is 1.49. The van der Waals surface area contributed by atoms with Crippen molar-refractivity contribution in [1.82, 2.24) is 4.98 Å². The summed E-state index contributed by atoms with van der Waals surface area (Å²) in [6.07, 6.45) is -0.642. The molecule has 4 aromatic carbocycles. The molecule has 1 amide bonds. The number of hydrogen-bond donors (Lipinski definition) is 5. The predicted octanol–water partition coefficient (Wildman–Crippen LogP) is 12.8. The topological polar surface area (TPSA) is 255 Å². The van der Waals surface area contributed by atoms with E-state index < -0.39 is 26.9 Å². The lowest BCUT2D eigenvalue weighted by molar-refractivity contribution is -0.138. The molecule has 2 aromatic heterocycles. The van der Waals surface area contributed by atoms with E-state index in [-0.39, 0.29) is 83.8 Å². The first-order chi connectivity index (χ1) is 29.5. The van der Waals surface area contributed by atoms with Crippen molar-refractivity contribution in [2.45, 2.75) is 24.7 Å². The molecular weight excluding hydrogens is 922 g/mol. The van der Waals surface area contributed by atoms with Crippen molar-refractivity contribution in [3.05, 3.63) is 122 Å². The maximum absolute atomic E-state index is 12.5. The van der Waals surface area contributed by atoms with E-state index in [0.717, 1.165) is 17.4 Å². The first kappa shape index (κ1) is 45.1. The standard InChI is InChI=1S/C40H26Cl4N10O6S2/c1-20-27(18-45)37(49-26-10-12-30(44)32(17-26)62(58,59)60)50-38(48-24-8-5-22(41)6-9-24)36(20)52-53-39-28(19-46)35(40(61-39)54-51-31-16-23(42)7-11-29(31)43)21-3-2-4-25(15-21)47-33(55)13-14-34(56)57/h2-12,15-17H,13-14H2,1H3,(H,47,55)(H,56,57)(H2,48,49,50)(H,58,59,60). The minimum atomic E-state index is -4.71. The number of nitriles is 2. The molecule has 0 aliphatic rings. The van der Waals surface area contributed by atoms with E-state index in [1.165, 1.54) is 18.2 Å². The first-order valence-electron chi connectivity index (χ1n) is 17.5. The van der Waals surface area contributed by atoms with Crippen molar-refractivity contribution in [3.63, 3.8) is 0 Å². The number of thiophene rings is 1. The van der Waals surface area contributed by atoms with Gasteiger partial charge in [0.25, 0.3) is 10.1 Å². The summed E-state index contributed by atoms with van der Waals surface area (Å²) >= 11 is 25.6. The molecule has 0 spiro atoms. The normalized spacial score (nSPS) is 11.4. The van der Waals surface area contributed by atoms with E-state index in [1.54, 1.807) is 67.6 Å². The van der Waals surface area contributed by atoms with Gasteiger partial charge in [0, 0.05) is 44.7 Å². The van der Waals surface area contributed by atoms with Gasteiger partial charge >= 0.3 is 5.97 Å². The zero-order chi connectivity index (χ0) is 44.7. The Hall–Kier alpha value is -6.48. The number of carbonyl (C=O) groups is 2. The number of nitrogens with one attached hydrogen (secondary N) is 3. The van der Waals surface area contributed by atoms with Crippen LogP contribution in [0.5, 0.6) is 0 Å². The number of anilines is 5. The third kappa shape index (κ3) is 10.9. The molecule has 2 heterocycles. The number of hydrogen-bond acceptors (Lipinski definition) is 14. The lowest BCUT2D eigenvalue weighted by Gasteiger charge is -2.16. The third-order valence-electron chi connectivity index (χ3n) is 8.49. The molecule has 0 saturated heterocycles. The van der Waals surface area contributed by atoms with Gasteiger partial charge in [0.15, 0.2) is 16.6 Å². The summed E-state index contributed by atoms with van der Waals surface area (Å²) in [4.78, 5) is 27.6. The number of nitrogens with zero attached hydrogens (tertiary/aromatic N) is 7. The molecule has 0 unspecified atom stereocenters. The molecular formula is C40H26Cl4N10O6S2. The van der Waals surface area contributed by atoms with Crippen LogP contribution in [-0.2, 0) is 19.7 Å². The zero-order valence-corrected chi connectivity index (χ0v) is 36.1. The number of carboxylic acids is 1. The molecule has 6 rings (SSSR count). The van der Waals surface area contributed by atoms with Crippen LogP contribution in [0.15, 0.2) is 110 Å². The number of azo groups is 2. The maximum atomic E-state index is 12.5. The van der Waals surface area contributed by atoms with Gasteiger partial charge in [0.05, 0.1) is 22.0 Å². The molecule has 22 heteroatoms. The fraction of sp³-hybridized carbons (Fsp3) is 0.0750. The van der Waals surface area contributed by atoms with Crippen molar-refractivity contribution in [3.8, 4) is 23.3 Å². The SMILES string of the molecule is Cc1c(C#N)c(Nc2ccc(Cl)c(S(=O)(=O)O)c2)nc(Nc2ccc(Cl)cc2)c1N=Nc1sc(N=Nc2cc(Cl)ccc2Cl)c(-c2cccc(NC(=O)CCC(=O)O)c2)c1C#N. The van der Waals surface area contributed by atoms with Gasteiger partial charge < -0.3 is 21.1 Å². The molecule has 0 saturated carbocycles. The minimum Gasteiger partial charge on any atom is -0.481 e. The summed E-state index contributed by atoms with van der Waals surface area (Å²) in [6, 6.07) is 25.6. The van der Waals surface area contributed by atoms with Gasteiger partial charge in [-0.25, -0.2) is 4.98 Å². The minimum absolute atomic E-state index is 0.00763. The molecule has 0 atom stereocenters. The Morgan fingerprint density at radius 1 is 0.758 bits per heavy atom. The molecule has 16 nitrogen and oxygen atoms in total. The fourth-order valence-corrected chi connectivity index (χ4v) is 7.96. The van der Waals surface area contributed by atoms with Crippen LogP contribution in [0.1, 0.15) is 29.5 Å². The maximum Gasteiger partial charge on any atom is 0.303 e. The number of aliphatic carboxylic acids is 1. The first-order valence-corrected chi connectivity index (χ1v) is 21.3. The van der Waals surface area contributed by atoms with Crippen LogP contribution in [0.25, 0.3) is 11.1 Å². The molecule has 5 N–H and O–H groups in total. The Bertz CT molecular complexity index is 3020. The number of benzene rings is 4. The number of pyridine rings is 1. The number of rotatable bonds is 14. The van der Waals surface area contributed by atoms with E-state index in [1.807, 2.05) is 0 Å².